The van der Waals surface area contributed by atoms with E-state index in [0.717, 1.165) is 66.2 Å². The monoisotopic (exact) mass is 431 g/mol. The zero-order valence-corrected chi connectivity index (χ0v) is 18.2. The van der Waals surface area contributed by atoms with E-state index >= 15 is 0 Å². The van der Waals surface area contributed by atoms with Gasteiger partial charge in [-0.3, -0.25) is 9.69 Å². The number of H-pyrrole nitrogens is 1. The molecule has 0 radical (unpaired) electrons. The fraction of sp³-hybridized carbons (Fsp3) is 0.292. The van der Waals surface area contributed by atoms with Gasteiger partial charge in [0.05, 0.1) is 26.5 Å². The molecule has 4 aromatic rings. The van der Waals surface area contributed by atoms with Gasteiger partial charge in [-0.15, -0.1) is 0 Å². The van der Waals surface area contributed by atoms with Gasteiger partial charge < -0.3 is 14.5 Å². The van der Waals surface area contributed by atoms with Gasteiger partial charge in [0.1, 0.15) is 23.1 Å². The van der Waals surface area contributed by atoms with E-state index in [1.165, 1.54) is 11.0 Å². The quantitative estimate of drug-likeness (QED) is 0.491. The molecule has 1 saturated heterocycles. The van der Waals surface area contributed by atoms with E-state index in [-0.39, 0.29) is 5.56 Å². The Balaban J connectivity index is 1.45. The highest BCUT2D eigenvalue weighted by atomic mass is 16.5. The van der Waals surface area contributed by atoms with Crippen LogP contribution in [0.15, 0.2) is 52.6 Å². The topological polar surface area (TPSA) is 84.7 Å². The molecule has 2 aromatic carbocycles. The summed E-state index contributed by atoms with van der Waals surface area (Å²) < 4.78 is 12.2. The SMILES string of the molecule is COc1ccc(/C=N\n2cnc3c([nH]c4ccc(C)cc43)c2=O)cc1CN1CCOCC1. The van der Waals surface area contributed by atoms with Crippen LogP contribution in [0, 0.1) is 6.92 Å². The molecule has 0 spiro atoms. The summed E-state index contributed by atoms with van der Waals surface area (Å²) in [7, 11) is 1.67. The lowest BCUT2D eigenvalue weighted by Crippen LogP contribution is -2.35. The highest BCUT2D eigenvalue weighted by Gasteiger charge is 2.14. The second kappa shape index (κ2) is 8.57. The van der Waals surface area contributed by atoms with Crippen molar-refractivity contribution in [2.24, 2.45) is 5.10 Å². The molecule has 0 aliphatic carbocycles. The van der Waals surface area contributed by atoms with Gasteiger partial charge in [-0.1, -0.05) is 11.6 Å². The van der Waals surface area contributed by atoms with E-state index in [2.05, 4.69) is 20.0 Å². The van der Waals surface area contributed by atoms with Gasteiger partial charge in [-0.25, -0.2) is 4.98 Å². The summed E-state index contributed by atoms with van der Waals surface area (Å²) in [4.78, 5) is 23.0. The minimum Gasteiger partial charge on any atom is -0.496 e. The van der Waals surface area contributed by atoms with Crippen molar-refractivity contribution < 1.29 is 9.47 Å². The first-order valence-electron chi connectivity index (χ1n) is 10.6. The van der Waals surface area contributed by atoms with Gasteiger partial charge in [0.15, 0.2) is 0 Å². The molecule has 2 aromatic heterocycles. The number of nitrogens with one attached hydrogen (secondary N) is 1. The Hall–Kier alpha value is -3.49. The Morgan fingerprint density at radius 3 is 2.88 bits per heavy atom. The summed E-state index contributed by atoms with van der Waals surface area (Å²) in [5, 5.41) is 5.32. The highest BCUT2D eigenvalue weighted by molar-refractivity contribution is 6.04. The average Bonchev–Trinajstić information content (AvgIpc) is 3.18. The number of rotatable bonds is 5. The summed E-state index contributed by atoms with van der Waals surface area (Å²) in [6.07, 6.45) is 3.14. The van der Waals surface area contributed by atoms with Crippen LogP contribution >= 0.6 is 0 Å². The summed E-state index contributed by atoms with van der Waals surface area (Å²) >= 11 is 0. The number of aromatic nitrogens is 3. The Bertz CT molecular complexity index is 1370. The molecule has 8 nitrogen and oxygen atoms in total. The van der Waals surface area contributed by atoms with Crippen LogP contribution in [0.2, 0.25) is 0 Å². The Kier molecular flexibility index (Phi) is 5.46. The number of hydrogen-bond acceptors (Lipinski definition) is 6. The molecule has 164 valence electrons. The first-order valence-corrected chi connectivity index (χ1v) is 10.6. The van der Waals surface area contributed by atoms with E-state index in [1.54, 1.807) is 13.3 Å². The van der Waals surface area contributed by atoms with E-state index in [4.69, 9.17) is 9.47 Å². The third kappa shape index (κ3) is 3.90. The van der Waals surface area contributed by atoms with Crippen LogP contribution in [0.25, 0.3) is 21.9 Å². The van der Waals surface area contributed by atoms with Gasteiger partial charge in [-0.2, -0.15) is 9.78 Å². The Morgan fingerprint density at radius 2 is 2.06 bits per heavy atom. The second-order valence-corrected chi connectivity index (χ2v) is 8.00. The van der Waals surface area contributed by atoms with E-state index in [9.17, 15) is 4.79 Å². The molecule has 8 heteroatoms. The highest BCUT2D eigenvalue weighted by Crippen LogP contribution is 2.23. The normalized spacial score (nSPS) is 15.2. The molecule has 1 N–H and O–H groups in total. The van der Waals surface area contributed by atoms with E-state index in [1.807, 2.05) is 43.3 Å². The maximum absolute atomic E-state index is 13.0. The van der Waals surface area contributed by atoms with Crippen molar-refractivity contribution in [3.63, 3.8) is 0 Å². The molecule has 1 fully saturated rings. The Labute approximate surface area is 185 Å². The number of morpholine rings is 1. The number of methoxy groups -OCH3 is 1. The minimum absolute atomic E-state index is 0.234. The number of benzene rings is 2. The number of fused-ring (bicyclic) bond motifs is 3. The molecule has 3 heterocycles. The fourth-order valence-corrected chi connectivity index (χ4v) is 4.07. The van der Waals surface area contributed by atoms with Crippen molar-refractivity contribution in [1.82, 2.24) is 19.5 Å². The summed E-state index contributed by atoms with van der Waals surface area (Å²) in [5.41, 5.74) is 4.85. The maximum Gasteiger partial charge on any atom is 0.298 e. The Morgan fingerprint density at radius 1 is 1.22 bits per heavy atom. The van der Waals surface area contributed by atoms with Crippen molar-refractivity contribution in [3.8, 4) is 5.75 Å². The lowest BCUT2D eigenvalue weighted by Gasteiger charge is -2.27. The number of aryl methyl sites for hydroxylation is 1. The molecule has 0 unspecified atom stereocenters. The molecule has 0 amide bonds. The molecular formula is C24H25N5O3. The number of nitrogens with zero attached hydrogens (tertiary/aromatic N) is 4. The molecule has 32 heavy (non-hydrogen) atoms. The summed E-state index contributed by atoms with van der Waals surface area (Å²) in [5.74, 6) is 0.835. The zero-order valence-electron chi connectivity index (χ0n) is 18.2. The van der Waals surface area contributed by atoms with Gasteiger partial charge >= 0.3 is 0 Å². The standard InChI is InChI=1S/C24H25N5O3/c1-16-3-5-20-19(11-16)22-23(27-20)24(30)29(15-25-22)26-13-17-4-6-21(31-2)18(12-17)14-28-7-9-32-10-8-28/h3-6,11-13,15,27H,7-10,14H2,1-2H3/b26-13-. The largest absolute Gasteiger partial charge is 0.496 e. The molecule has 0 bridgehead atoms. The lowest BCUT2D eigenvalue weighted by molar-refractivity contribution is 0.0339. The third-order valence-corrected chi connectivity index (χ3v) is 5.78. The van der Waals surface area contributed by atoms with Crippen LogP contribution in [0.1, 0.15) is 16.7 Å². The number of ether oxygens (including phenoxy) is 2. The molecule has 5 rings (SSSR count). The van der Waals surface area contributed by atoms with Crippen LogP contribution in [-0.2, 0) is 11.3 Å². The van der Waals surface area contributed by atoms with Crippen LogP contribution in [0.5, 0.6) is 5.75 Å². The van der Waals surface area contributed by atoms with Gasteiger partial charge in [0.25, 0.3) is 5.56 Å². The minimum atomic E-state index is -0.234. The first kappa shape index (κ1) is 20.4. The smallest absolute Gasteiger partial charge is 0.298 e. The van der Waals surface area contributed by atoms with Crippen molar-refractivity contribution in [3.05, 3.63) is 69.8 Å². The third-order valence-electron chi connectivity index (χ3n) is 5.78. The molecule has 1 aliphatic heterocycles. The number of hydrogen-bond donors (Lipinski definition) is 1. The second-order valence-electron chi connectivity index (χ2n) is 8.00. The van der Waals surface area contributed by atoms with Gasteiger partial charge in [0, 0.05) is 36.1 Å². The predicted molar refractivity (Wildman–Crippen MR) is 125 cm³/mol. The zero-order chi connectivity index (χ0) is 22.1. The van der Waals surface area contributed by atoms with Crippen molar-refractivity contribution in [2.45, 2.75) is 13.5 Å². The fourth-order valence-electron chi connectivity index (χ4n) is 4.07. The molecule has 0 atom stereocenters. The maximum atomic E-state index is 13.0. The van der Waals surface area contributed by atoms with Crippen molar-refractivity contribution in [1.29, 1.82) is 0 Å². The first-order chi connectivity index (χ1) is 15.6. The predicted octanol–water partition coefficient (Wildman–Crippen LogP) is 2.91. The van der Waals surface area contributed by atoms with Crippen LogP contribution in [0.4, 0.5) is 0 Å². The molecule has 1 aliphatic rings. The summed E-state index contributed by atoms with van der Waals surface area (Å²) in [6.45, 7) is 6.08. The van der Waals surface area contributed by atoms with Crippen LogP contribution in [0.3, 0.4) is 0 Å². The number of aromatic amines is 1. The van der Waals surface area contributed by atoms with Gasteiger partial charge in [-0.05, 0) is 42.8 Å². The van der Waals surface area contributed by atoms with Crippen molar-refractivity contribution >= 4 is 28.2 Å². The summed E-state index contributed by atoms with van der Waals surface area (Å²) in [6, 6.07) is 11.9. The molecule has 0 saturated carbocycles. The van der Waals surface area contributed by atoms with E-state index < -0.39 is 0 Å². The van der Waals surface area contributed by atoms with E-state index in [0.29, 0.717) is 11.0 Å². The van der Waals surface area contributed by atoms with Crippen molar-refractivity contribution in [2.75, 3.05) is 33.4 Å². The molecular weight excluding hydrogens is 406 g/mol. The van der Waals surface area contributed by atoms with Gasteiger partial charge in [0.2, 0.25) is 0 Å². The van der Waals surface area contributed by atoms with Crippen LogP contribution in [-0.4, -0.2) is 59.2 Å². The van der Waals surface area contributed by atoms with Crippen LogP contribution < -0.4 is 10.3 Å². The average molecular weight is 431 g/mol. The lowest BCUT2D eigenvalue weighted by atomic mass is 10.1.